The summed E-state index contributed by atoms with van der Waals surface area (Å²) in [5.41, 5.74) is 1.80. The van der Waals surface area contributed by atoms with Gasteiger partial charge in [-0.2, -0.15) is 0 Å². The van der Waals surface area contributed by atoms with Gasteiger partial charge in [0.1, 0.15) is 5.76 Å². The van der Waals surface area contributed by atoms with E-state index in [-0.39, 0.29) is 0 Å². The van der Waals surface area contributed by atoms with Crippen LogP contribution in [0.3, 0.4) is 0 Å². The van der Waals surface area contributed by atoms with Gasteiger partial charge in [0.25, 0.3) is 0 Å². The average Bonchev–Trinajstić information content (AvgIpc) is 2.98. The number of nitrogens with one attached hydrogen (secondary N) is 2. The van der Waals surface area contributed by atoms with Crippen molar-refractivity contribution in [3.63, 3.8) is 0 Å². The van der Waals surface area contributed by atoms with E-state index in [9.17, 15) is 0 Å². The fourth-order valence-electron chi connectivity index (χ4n) is 2.48. The Bertz CT molecular complexity index is 751. The molecule has 0 saturated carbocycles. The minimum absolute atomic E-state index is 0.442. The van der Waals surface area contributed by atoms with Crippen molar-refractivity contribution in [2.24, 2.45) is 4.99 Å². The number of hydrogen-bond acceptors (Lipinski definition) is 6. The zero-order valence-corrected chi connectivity index (χ0v) is 16.1. The molecule has 0 aliphatic heterocycles. The summed E-state index contributed by atoms with van der Waals surface area (Å²) in [6.07, 6.45) is 0. The summed E-state index contributed by atoms with van der Waals surface area (Å²) >= 11 is 0. The number of rotatable bonds is 7. The molecule has 26 heavy (non-hydrogen) atoms. The second kappa shape index (κ2) is 8.98. The number of hydrogen-bond donors (Lipinski definition) is 2. The monoisotopic (exact) mass is 362 g/mol. The largest absolute Gasteiger partial charge is 0.493 e. The van der Waals surface area contributed by atoms with Crippen LogP contribution in [0.2, 0.25) is 0 Å². The minimum Gasteiger partial charge on any atom is -0.493 e. The van der Waals surface area contributed by atoms with Crippen molar-refractivity contribution >= 4 is 5.96 Å². The molecule has 1 aromatic carbocycles. The highest BCUT2D eigenvalue weighted by Crippen LogP contribution is 2.39. The van der Waals surface area contributed by atoms with Crippen LogP contribution in [-0.2, 0) is 13.1 Å². The fourth-order valence-corrected chi connectivity index (χ4v) is 2.48. The van der Waals surface area contributed by atoms with Crippen molar-refractivity contribution in [3.05, 3.63) is 35.0 Å². The molecular weight excluding hydrogens is 336 g/mol. The number of aliphatic imine (C=N–C) groups is 1. The topological polar surface area (TPSA) is 90.1 Å². The standard InChI is InChI=1S/C18H26N4O4/c1-11-12(2)26-15(22-11)10-21-18(19-3)20-9-13-7-8-14(23-4)17(25-6)16(13)24-5/h7-8H,9-10H2,1-6H3,(H2,19,20,21). The third-order valence-corrected chi connectivity index (χ3v) is 3.94. The second-order valence-electron chi connectivity index (χ2n) is 5.52. The zero-order valence-electron chi connectivity index (χ0n) is 16.1. The SMILES string of the molecule is CN=C(NCc1nc(C)c(C)o1)NCc1ccc(OC)c(OC)c1OC. The summed E-state index contributed by atoms with van der Waals surface area (Å²) < 4.78 is 21.8. The summed E-state index contributed by atoms with van der Waals surface area (Å²) in [5, 5.41) is 6.40. The Morgan fingerprint density at radius 3 is 2.27 bits per heavy atom. The molecule has 1 heterocycles. The molecule has 0 aliphatic rings. The van der Waals surface area contributed by atoms with E-state index in [0.29, 0.717) is 42.2 Å². The van der Waals surface area contributed by atoms with Crippen LogP contribution in [0.4, 0.5) is 0 Å². The Balaban J connectivity index is 2.04. The molecule has 1 aromatic heterocycles. The maximum atomic E-state index is 5.56. The Morgan fingerprint density at radius 2 is 1.73 bits per heavy atom. The Morgan fingerprint density at radius 1 is 1.04 bits per heavy atom. The molecule has 0 saturated heterocycles. The van der Waals surface area contributed by atoms with Crippen molar-refractivity contribution in [1.82, 2.24) is 15.6 Å². The number of methoxy groups -OCH3 is 3. The van der Waals surface area contributed by atoms with Crippen LogP contribution >= 0.6 is 0 Å². The van der Waals surface area contributed by atoms with Crippen molar-refractivity contribution in [2.75, 3.05) is 28.4 Å². The van der Waals surface area contributed by atoms with Gasteiger partial charge in [0.15, 0.2) is 17.5 Å². The summed E-state index contributed by atoms with van der Waals surface area (Å²) in [6, 6.07) is 3.76. The molecule has 0 bridgehead atoms. The maximum Gasteiger partial charge on any atom is 0.214 e. The Hall–Kier alpha value is -2.90. The molecule has 2 N–H and O–H groups in total. The molecule has 0 aliphatic carbocycles. The molecule has 0 amide bonds. The van der Waals surface area contributed by atoms with E-state index >= 15 is 0 Å². The maximum absolute atomic E-state index is 5.56. The third-order valence-electron chi connectivity index (χ3n) is 3.94. The van der Waals surface area contributed by atoms with E-state index < -0.39 is 0 Å². The fraction of sp³-hybridized carbons (Fsp3) is 0.444. The highest BCUT2D eigenvalue weighted by molar-refractivity contribution is 5.79. The van der Waals surface area contributed by atoms with E-state index in [4.69, 9.17) is 18.6 Å². The first-order valence-corrected chi connectivity index (χ1v) is 8.19. The molecule has 8 heteroatoms. The smallest absolute Gasteiger partial charge is 0.214 e. The number of nitrogens with zero attached hydrogens (tertiary/aromatic N) is 2. The summed E-state index contributed by atoms with van der Waals surface area (Å²) in [6.45, 7) is 4.74. The van der Waals surface area contributed by atoms with Crippen LogP contribution in [0.15, 0.2) is 21.5 Å². The van der Waals surface area contributed by atoms with Gasteiger partial charge in [0.05, 0.1) is 33.6 Å². The molecule has 0 radical (unpaired) electrons. The molecule has 142 valence electrons. The molecular formula is C18H26N4O4. The van der Waals surface area contributed by atoms with Crippen LogP contribution in [0, 0.1) is 13.8 Å². The molecule has 2 rings (SSSR count). The van der Waals surface area contributed by atoms with Gasteiger partial charge < -0.3 is 29.3 Å². The lowest BCUT2D eigenvalue weighted by atomic mass is 10.1. The number of benzene rings is 1. The number of guanidine groups is 1. The van der Waals surface area contributed by atoms with E-state index in [2.05, 4.69) is 20.6 Å². The van der Waals surface area contributed by atoms with Gasteiger partial charge in [-0.15, -0.1) is 0 Å². The summed E-state index contributed by atoms with van der Waals surface area (Å²) in [7, 11) is 6.47. The van der Waals surface area contributed by atoms with Gasteiger partial charge in [0.2, 0.25) is 11.6 Å². The number of ether oxygens (including phenoxy) is 3. The number of aromatic nitrogens is 1. The highest BCUT2D eigenvalue weighted by atomic mass is 16.5. The predicted octanol–water partition coefficient (Wildman–Crippen LogP) is 2.18. The predicted molar refractivity (Wildman–Crippen MR) is 99.1 cm³/mol. The van der Waals surface area contributed by atoms with E-state index in [1.807, 2.05) is 26.0 Å². The van der Waals surface area contributed by atoms with Gasteiger partial charge in [-0.3, -0.25) is 4.99 Å². The number of aryl methyl sites for hydroxylation is 2. The van der Waals surface area contributed by atoms with Crippen molar-refractivity contribution in [2.45, 2.75) is 26.9 Å². The first-order chi connectivity index (χ1) is 12.5. The molecule has 0 unspecified atom stereocenters. The van der Waals surface area contributed by atoms with Crippen molar-refractivity contribution < 1.29 is 18.6 Å². The van der Waals surface area contributed by atoms with Gasteiger partial charge >= 0.3 is 0 Å². The zero-order chi connectivity index (χ0) is 19.1. The van der Waals surface area contributed by atoms with Crippen LogP contribution in [0.1, 0.15) is 22.9 Å². The second-order valence-corrected chi connectivity index (χ2v) is 5.52. The number of oxazole rings is 1. The first-order valence-electron chi connectivity index (χ1n) is 8.19. The first kappa shape index (κ1) is 19.4. The van der Waals surface area contributed by atoms with Crippen LogP contribution in [0.5, 0.6) is 17.2 Å². The summed E-state index contributed by atoms with van der Waals surface area (Å²) in [4.78, 5) is 8.55. The van der Waals surface area contributed by atoms with Crippen molar-refractivity contribution in [1.29, 1.82) is 0 Å². The van der Waals surface area contributed by atoms with Gasteiger partial charge in [-0.1, -0.05) is 0 Å². The Labute approximate surface area is 153 Å². The normalized spacial score (nSPS) is 11.2. The van der Waals surface area contributed by atoms with E-state index in [1.54, 1.807) is 28.4 Å². The van der Waals surface area contributed by atoms with Gasteiger partial charge in [-0.25, -0.2) is 4.98 Å². The summed E-state index contributed by atoms with van der Waals surface area (Å²) in [5.74, 6) is 3.85. The molecule has 0 fully saturated rings. The highest BCUT2D eigenvalue weighted by Gasteiger charge is 2.16. The Kier molecular flexibility index (Phi) is 6.71. The van der Waals surface area contributed by atoms with E-state index in [0.717, 1.165) is 17.0 Å². The van der Waals surface area contributed by atoms with Crippen LogP contribution in [-0.4, -0.2) is 39.3 Å². The lowest BCUT2D eigenvalue weighted by Gasteiger charge is -2.17. The van der Waals surface area contributed by atoms with Gasteiger partial charge in [0, 0.05) is 19.2 Å². The lowest BCUT2D eigenvalue weighted by Crippen LogP contribution is -2.36. The molecule has 8 nitrogen and oxygen atoms in total. The molecule has 0 atom stereocenters. The third kappa shape index (κ3) is 4.38. The minimum atomic E-state index is 0.442. The molecule has 2 aromatic rings. The van der Waals surface area contributed by atoms with Crippen molar-refractivity contribution in [3.8, 4) is 17.2 Å². The van der Waals surface area contributed by atoms with Crippen LogP contribution < -0.4 is 24.8 Å². The average molecular weight is 362 g/mol. The van der Waals surface area contributed by atoms with Crippen LogP contribution in [0.25, 0.3) is 0 Å². The quantitative estimate of drug-likeness (QED) is 0.576. The van der Waals surface area contributed by atoms with Gasteiger partial charge in [-0.05, 0) is 26.0 Å². The lowest BCUT2D eigenvalue weighted by molar-refractivity contribution is 0.322. The van der Waals surface area contributed by atoms with E-state index in [1.165, 1.54) is 0 Å². The molecule has 0 spiro atoms.